The Morgan fingerprint density at radius 1 is 1.28 bits per heavy atom. The number of ether oxygens (including phenoxy) is 2. The Labute approximate surface area is 173 Å². The number of carbonyl (C=O) groups excluding carboxylic acids is 1. The summed E-state index contributed by atoms with van der Waals surface area (Å²) in [5.41, 5.74) is -0.158. The van der Waals surface area contributed by atoms with Crippen molar-refractivity contribution in [1.82, 2.24) is 14.5 Å². The molecule has 0 aliphatic heterocycles. The van der Waals surface area contributed by atoms with E-state index in [9.17, 15) is 14.4 Å². The van der Waals surface area contributed by atoms with Gasteiger partial charge < -0.3 is 14.8 Å². The van der Waals surface area contributed by atoms with Crippen LogP contribution < -0.4 is 16.6 Å². The van der Waals surface area contributed by atoms with Crippen LogP contribution in [0.4, 0.5) is 0 Å². The highest BCUT2D eigenvalue weighted by Crippen LogP contribution is 2.34. The van der Waals surface area contributed by atoms with E-state index in [-0.39, 0.29) is 29.8 Å². The lowest BCUT2D eigenvalue weighted by Crippen LogP contribution is -2.39. The fourth-order valence-corrected chi connectivity index (χ4v) is 4.55. The predicted molar refractivity (Wildman–Crippen MR) is 113 cm³/mol. The largest absolute Gasteiger partial charge is 0.459 e. The maximum absolute atomic E-state index is 13.1. The normalized spacial score (nSPS) is 14.5. The Hall–Kier alpha value is -1.97. The van der Waals surface area contributed by atoms with E-state index >= 15 is 0 Å². The molecule has 0 aromatic carbocycles. The molecule has 8 nitrogen and oxygen atoms in total. The van der Waals surface area contributed by atoms with E-state index in [1.807, 2.05) is 27.7 Å². The van der Waals surface area contributed by atoms with Gasteiger partial charge in [0, 0.05) is 24.6 Å². The maximum Gasteiger partial charge on any atom is 0.332 e. The van der Waals surface area contributed by atoms with Crippen molar-refractivity contribution in [1.29, 1.82) is 0 Å². The average Bonchev–Trinajstić information content (AvgIpc) is 3.38. The molecule has 1 fully saturated rings. The second-order valence-corrected chi connectivity index (χ2v) is 9.44. The summed E-state index contributed by atoms with van der Waals surface area (Å²) in [6.45, 7) is 8.65. The second kappa shape index (κ2) is 8.41. The molecule has 0 saturated heterocycles. The van der Waals surface area contributed by atoms with Crippen LogP contribution in [0.1, 0.15) is 50.1 Å². The summed E-state index contributed by atoms with van der Waals surface area (Å²) >= 11 is 1.41. The zero-order valence-electron chi connectivity index (χ0n) is 17.7. The van der Waals surface area contributed by atoms with E-state index in [0.29, 0.717) is 29.9 Å². The number of esters is 1. The van der Waals surface area contributed by atoms with Crippen LogP contribution in [0.5, 0.6) is 0 Å². The number of fused-ring (bicyclic) bond motifs is 1. The Kier molecular flexibility index (Phi) is 6.30. The van der Waals surface area contributed by atoms with Gasteiger partial charge in [-0.3, -0.25) is 18.7 Å². The molecule has 0 radical (unpaired) electrons. The maximum atomic E-state index is 13.1. The van der Waals surface area contributed by atoms with Crippen molar-refractivity contribution in [3.05, 3.63) is 31.3 Å². The highest BCUT2D eigenvalue weighted by molar-refractivity contribution is 7.18. The molecule has 0 spiro atoms. The van der Waals surface area contributed by atoms with Gasteiger partial charge in [-0.15, -0.1) is 11.3 Å². The third kappa shape index (κ3) is 4.79. The summed E-state index contributed by atoms with van der Waals surface area (Å²) in [5, 5.41) is 3.68. The lowest BCUT2D eigenvalue weighted by molar-refractivity contribution is -0.153. The molecule has 2 aromatic heterocycles. The molecule has 1 N–H and O–H groups in total. The summed E-state index contributed by atoms with van der Waals surface area (Å²) in [6, 6.07) is 0.00115. The van der Waals surface area contributed by atoms with Crippen LogP contribution in [-0.2, 0) is 27.4 Å². The molecule has 1 saturated carbocycles. The van der Waals surface area contributed by atoms with Crippen LogP contribution in [0.3, 0.4) is 0 Å². The molecule has 2 heterocycles. The monoisotopic (exact) mass is 423 g/mol. The van der Waals surface area contributed by atoms with Gasteiger partial charge in [0.1, 0.15) is 10.4 Å². The minimum Gasteiger partial charge on any atom is -0.459 e. The van der Waals surface area contributed by atoms with Crippen LogP contribution >= 0.6 is 11.3 Å². The van der Waals surface area contributed by atoms with E-state index in [4.69, 9.17) is 9.47 Å². The number of aromatic nitrogens is 2. The molecule has 0 bridgehead atoms. The summed E-state index contributed by atoms with van der Waals surface area (Å²) in [4.78, 5) is 39.5. The van der Waals surface area contributed by atoms with Crippen LogP contribution in [0.15, 0.2) is 9.59 Å². The molecule has 0 amide bonds. The molecule has 1 aliphatic rings. The Morgan fingerprint density at radius 3 is 2.55 bits per heavy atom. The van der Waals surface area contributed by atoms with Gasteiger partial charge in [-0.25, -0.2) is 4.79 Å². The van der Waals surface area contributed by atoms with Gasteiger partial charge in [0.2, 0.25) is 0 Å². The summed E-state index contributed by atoms with van der Waals surface area (Å²) in [5.74, 6) is -0.329. The van der Waals surface area contributed by atoms with Gasteiger partial charge in [-0.1, -0.05) is 0 Å². The molecule has 3 rings (SSSR count). The lowest BCUT2D eigenvalue weighted by Gasteiger charge is -2.19. The third-order valence-corrected chi connectivity index (χ3v) is 6.06. The van der Waals surface area contributed by atoms with E-state index < -0.39 is 5.60 Å². The number of methoxy groups -OCH3 is 1. The Bertz CT molecular complexity index is 1020. The highest BCUT2D eigenvalue weighted by atomic mass is 32.1. The number of hydrogen-bond donors (Lipinski definition) is 1. The zero-order valence-corrected chi connectivity index (χ0v) is 18.5. The first-order valence-corrected chi connectivity index (χ1v) is 10.6. The minimum atomic E-state index is -0.530. The van der Waals surface area contributed by atoms with E-state index in [0.717, 1.165) is 23.3 Å². The molecular formula is C20H29N3O5S. The first kappa shape index (κ1) is 21.7. The molecule has 160 valence electrons. The van der Waals surface area contributed by atoms with Crippen molar-refractivity contribution < 1.29 is 14.3 Å². The fraction of sp³-hybridized carbons (Fsp3) is 0.650. The number of nitrogens with zero attached hydrogens (tertiary/aromatic N) is 2. The predicted octanol–water partition coefficient (Wildman–Crippen LogP) is 1.95. The quantitative estimate of drug-likeness (QED) is 0.653. The molecule has 29 heavy (non-hydrogen) atoms. The minimum absolute atomic E-state index is 0.00115. The van der Waals surface area contributed by atoms with Crippen molar-refractivity contribution in [2.75, 3.05) is 20.3 Å². The zero-order chi connectivity index (χ0) is 21.3. The average molecular weight is 424 g/mol. The second-order valence-electron chi connectivity index (χ2n) is 8.35. The van der Waals surface area contributed by atoms with Gasteiger partial charge in [-0.05, 0) is 46.1 Å². The van der Waals surface area contributed by atoms with Gasteiger partial charge >= 0.3 is 11.7 Å². The van der Waals surface area contributed by atoms with Crippen molar-refractivity contribution >= 4 is 27.5 Å². The summed E-state index contributed by atoms with van der Waals surface area (Å²) < 4.78 is 13.5. The number of rotatable bonds is 8. The summed E-state index contributed by atoms with van der Waals surface area (Å²) in [7, 11) is 1.59. The highest BCUT2D eigenvalue weighted by Gasteiger charge is 2.30. The summed E-state index contributed by atoms with van der Waals surface area (Å²) in [6.07, 6.45) is 1.72. The van der Waals surface area contributed by atoms with E-state index in [1.165, 1.54) is 15.9 Å². The number of nitrogens with one attached hydrogen (secondary N) is 1. The van der Waals surface area contributed by atoms with Crippen LogP contribution in [0.25, 0.3) is 10.2 Å². The first-order valence-electron chi connectivity index (χ1n) is 9.83. The van der Waals surface area contributed by atoms with Gasteiger partial charge in [0.25, 0.3) is 5.56 Å². The van der Waals surface area contributed by atoms with Crippen LogP contribution in [-0.4, -0.2) is 41.0 Å². The van der Waals surface area contributed by atoms with Crippen molar-refractivity contribution in [2.45, 2.75) is 65.3 Å². The number of thiophene rings is 1. The Balaban J connectivity index is 1.91. The van der Waals surface area contributed by atoms with Crippen molar-refractivity contribution in [3.63, 3.8) is 0 Å². The van der Waals surface area contributed by atoms with Crippen LogP contribution in [0, 0.1) is 6.92 Å². The molecule has 0 atom stereocenters. The van der Waals surface area contributed by atoms with E-state index in [1.54, 1.807) is 11.7 Å². The first-order chi connectivity index (χ1) is 13.6. The number of aryl methyl sites for hydroxylation is 1. The molecule has 1 aliphatic carbocycles. The molecular weight excluding hydrogens is 394 g/mol. The number of carbonyl (C=O) groups is 1. The van der Waals surface area contributed by atoms with Crippen molar-refractivity contribution in [2.24, 2.45) is 0 Å². The lowest BCUT2D eigenvalue weighted by atomic mass is 10.2. The van der Waals surface area contributed by atoms with Crippen LogP contribution in [0.2, 0.25) is 0 Å². The smallest absolute Gasteiger partial charge is 0.332 e. The van der Waals surface area contributed by atoms with Crippen molar-refractivity contribution in [3.8, 4) is 0 Å². The molecule has 0 unspecified atom stereocenters. The number of hydrogen-bond acceptors (Lipinski definition) is 7. The van der Waals surface area contributed by atoms with E-state index in [2.05, 4.69) is 5.32 Å². The van der Waals surface area contributed by atoms with Gasteiger partial charge in [0.15, 0.2) is 0 Å². The third-order valence-electron chi connectivity index (χ3n) is 4.75. The van der Waals surface area contributed by atoms with Gasteiger partial charge in [-0.2, -0.15) is 0 Å². The molecule has 9 heteroatoms. The SMILES string of the molecule is COCCn1c(=O)n(C2CC2)c(=O)c2c(C)c(CNCC(=O)OC(C)(C)C)sc21. The standard InChI is InChI=1S/C20H29N3O5S/c1-12-14(10-21-11-15(24)28-20(2,3)4)29-18-16(12)17(25)23(13-6-7-13)19(26)22(18)8-9-27-5/h13,21H,6-11H2,1-5H3. The van der Waals surface area contributed by atoms with Gasteiger partial charge in [0.05, 0.1) is 25.1 Å². The molecule has 2 aromatic rings. The topological polar surface area (TPSA) is 91.6 Å². The Morgan fingerprint density at radius 2 is 1.97 bits per heavy atom. The fourth-order valence-electron chi connectivity index (χ4n) is 3.27.